The largest absolute Gasteiger partial charge is 0.493 e. The number of rotatable bonds is 6. The quantitative estimate of drug-likeness (QED) is 0.766. The molecule has 0 atom stereocenters. The summed E-state index contributed by atoms with van der Waals surface area (Å²) in [6.45, 7) is 5.42. The van der Waals surface area contributed by atoms with Gasteiger partial charge in [-0.2, -0.15) is 0 Å². The fourth-order valence-corrected chi connectivity index (χ4v) is 2.65. The van der Waals surface area contributed by atoms with Crippen molar-refractivity contribution in [3.05, 3.63) is 30.5 Å². The summed E-state index contributed by atoms with van der Waals surface area (Å²) in [6, 6.07) is 7.86. The van der Waals surface area contributed by atoms with E-state index in [2.05, 4.69) is 9.88 Å². The van der Waals surface area contributed by atoms with E-state index < -0.39 is 0 Å². The maximum atomic E-state index is 5.90. The van der Waals surface area contributed by atoms with E-state index in [-0.39, 0.29) is 0 Å². The molecule has 1 aromatic carbocycles. The molecular weight excluding hydrogens is 280 g/mol. The highest BCUT2D eigenvalue weighted by atomic mass is 16.5. The van der Waals surface area contributed by atoms with E-state index in [1.807, 2.05) is 24.3 Å². The minimum Gasteiger partial charge on any atom is -0.493 e. The van der Waals surface area contributed by atoms with Crippen LogP contribution in [0.4, 0.5) is 0 Å². The molecule has 0 bridgehead atoms. The van der Waals surface area contributed by atoms with E-state index in [0.29, 0.717) is 6.61 Å². The molecule has 1 aromatic heterocycles. The molecule has 0 spiro atoms. The van der Waals surface area contributed by atoms with Gasteiger partial charge in [-0.05, 0) is 18.6 Å². The molecule has 0 N–H and O–H groups in total. The molecule has 5 nitrogen and oxygen atoms in total. The molecule has 0 aliphatic carbocycles. The summed E-state index contributed by atoms with van der Waals surface area (Å²) in [6.07, 6.45) is 2.78. The van der Waals surface area contributed by atoms with Crippen molar-refractivity contribution in [2.75, 3.05) is 46.6 Å². The number of fused-ring (bicyclic) bond motifs is 1. The van der Waals surface area contributed by atoms with Gasteiger partial charge in [0.1, 0.15) is 0 Å². The molecule has 1 aliphatic rings. The average Bonchev–Trinajstić information content (AvgIpc) is 2.59. The monoisotopic (exact) mass is 302 g/mol. The SMILES string of the molecule is COc1cc2cccnc2cc1OCCCN1CCOCC1. The summed E-state index contributed by atoms with van der Waals surface area (Å²) >= 11 is 0. The molecule has 2 aromatic rings. The van der Waals surface area contributed by atoms with E-state index in [4.69, 9.17) is 14.2 Å². The van der Waals surface area contributed by atoms with Gasteiger partial charge in [0.25, 0.3) is 0 Å². The van der Waals surface area contributed by atoms with Crippen LogP contribution >= 0.6 is 0 Å². The van der Waals surface area contributed by atoms with Crippen LogP contribution in [-0.4, -0.2) is 56.4 Å². The maximum absolute atomic E-state index is 5.90. The Balaban J connectivity index is 1.58. The van der Waals surface area contributed by atoms with E-state index in [9.17, 15) is 0 Å². The van der Waals surface area contributed by atoms with Crippen molar-refractivity contribution in [2.45, 2.75) is 6.42 Å². The van der Waals surface area contributed by atoms with Gasteiger partial charge in [0.2, 0.25) is 0 Å². The third-order valence-electron chi connectivity index (χ3n) is 3.87. The van der Waals surface area contributed by atoms with Gasteiger partial charge in [0, 0.05) is 37.3 Å². The van der Waals surface area contributed by atoms with Gasteiger partial charge >= 0.3 is 0 Å². The predicted molar refractivity (Wildman–Crippen MR) is 85.7 cm³/mol. The Morgan fingerprint density at radius 2 is 2.09 bits per heavy atom. The van der Waals surface area contributed by atoms with Crippen LogP contribution in [0.15, 0.2) is 30.5 Å². The lowest BCUT2D eigenvalue weighted by Crippen LogP contribution is -2.37. The van der Waals surface area contributed by atoms with Crippen molar-refractivity contribution in [1.29, 1.82) is 0 Å². The molecule has 118 valence electrons. The van der Waals surface area contributed by atoms with Crippen molar-refractivity contribution >= 4 is 10.9 Å². The van der Waals surface area contributed by atoms with Crippen LogP contribution < -0.4 is 9.47 Å². The Hall–Kier alpha value is -1.85. The van der Waals surface area contributed by atoms with Crippen LogP contribution in [0.25, 0.3) is 10.9 Å². The van der Waals surface area contributed by atoms with Crippen LogP contribution in [0.3, 0.4) is 0 Å². The van der Waals surface area contributed by atoms with Gasteiger partial charge in [0.15, 0.2) is 11.5 Å². The molecule has 0 saturated carbocycles. The minimum absolute atomic E-state index is 0.673. The number of nitrogens with zero attached hydrogens (tertiary/aromatic N) is 2. The zero-order chi connectivity index (χ0) is 15.2. The third-order valence-corrected chi connectivity index (χ3v) is 3.87. The first-order valence-corrected chi connectivity index (χ1v) is 7.72. The van der Waals surface area contributed by atoms with Crippen molar-refractivity contribution in [2.24, 2.45) is 0 Å². The Morgan fingerprint density at radius 3 is 2.91 bits per heavy atom. The second-order valence-corrected chi connectivity index (χ2v) is 5.36. The topological polar surface area (TPSA) is 43.8 Å². The summed E-state index contributed by atoms with van der Waals surface area (Å²) < 4.78 is 16.7. The highest BCUT2D eigenvalue weighted by Crippen LogP contribution is 2.31. The van der Waals surface area contributed by atoms with Gasteiger partial charge in [-0.3, -0.25) is 9.88 Å². The standard InChI is InChI=1S/C17H22N2O3/c1-20-16-12-14-4-2-5-18-15(14)13-17(16)22-9-3-6-19-7-10-21-11-8-19/h2,4-5,12-13H,3,6-11H2,1H3. The zero-order valence-corrected chi connectivity index (χ0v) is 13.0. The number of methoxy groups -OCH3 is 1. The van der Waals surface area contributed by atoms with Crippen LogP contribution in [0.2, 0.25) is 0 Å². The number of benzene rings is 1. The van der Waals surface area contributed by atoms with Crippen LogP contribution in [0.1, 0.15) is 6.42 Å². The number of ether oxygens (including phenoxy) is 3. The summed E-state index contributed by atoms with van der Waals surface area (Å²) in [5.74, 6) is 1.52. The molecular formula is C17H22N2O3. The molecule has 5 heteroatoms. The summed E-state index contributed by atoms with van der Waals surface area (Å²) in [4.78, 5) is 6.77. The zero-order valence-electron chi connectivity index (χ0n) is 13.0. The highest BCUT2D eigenvalue weighted by Gasteiger charge is 2.11. The lowest BCUT2D eigenvalue weighted by atomic mass is 10.2. The molecule has 3 rings (SSSR count). The van der Waals surface area contributed by atoms with Crippen molar-refractivity contribution in [3.63, 3.8) is 0 Å². The average molecular weight is 302 g/mol. The third kappa shape index (κ3) is 3.67. The molecule has 0 amide bonds. The van der Waals surface area contributed by atoms with E-state index in [0.717, 1.165) is 61.7 Å². The number of hydrogen-bond acceptors (Lipinski definition) is 5. The van der Waals surface area contributed by atoms with Gasteiger partial charge in [-0.1, -0.05) is 6.07 Å². The van der Waals surface area contributed by atoms with Gasteiger partial charge in [-0.15, -0.1) is 0 Å². The first-order chi connectivity index (χ1) is 10.9. The maximum Gasteiger partial charge on any atom is 0.163 e. The Bertz CT molecular complexity index is 612. The molecule has 22 heavy (non-hydrogen) atoms. The summed E-state index contributed by atoms with van der Waals surface area (Å²) in [7, 11) is 1.66. The lowest BCUT2D eigenvalue weighted by molar-refractivity contribution is 0.0357. The second kappa shape index (κ2) is 7.42. The minimum atomic E-state index is 0.673. The van der Waals surface area contributed by atoms with Crippen molar-refractivity contribution in [3.8, 4) is 11.5 Å². The van der Waals surface area contributed by atoms with E-state index in [1.54, 1.807) is 13.3 Å². The number of aromatic nitrogens is 1. The van der Waals surface area contributed by atoms with Crippen LogP contribution in [0, 0.1) is 0 Å². The summed E-state index contributed by atoms with van der Waals surface area (Å²) in [5.41, 5.74) is 0.923. The summed E-state index contributed by atoms with van der Waals surface area (Å²) in [5, 5.41) is 1.06. The molecule has 2 heterocycles. The van der Waals surface area contributed by atoms with Crippen molar-refractivity contribution < 1.29 is 14.2 Å². The smallest absolute Gasteiger partial charge is 0.163 e. The number of morpholine rings is 1. The van der Waals surface area contributed by atoms with Gasteiger partial charge < -0.3 is 14.2 Å². The molecule has 1 saturated heterocycles. The molecule has 1 fully saturated rings. The van der Waals surface area contributed by atoms with Crippen molar-refractivity contribution in [1.82, 2.24) is 9.88 Å². The van der Waals surface area contributed by atoms with Crippen LogP contribution in [-0.2, 0) is 4.74 Å². The highest BCUT2D eigenvalue weighted by molar-refractivity contribution is 5.82. The Kier molecular flexibility index (Phi) is 5.08. The fourth-order valence-electron chi connectivity index (χ4n) is 2.65. The first-order valence-electron chi connectivity index (χ1n) is 7.72. The first kappa shape index (κ1) is 15.1. The van der Waals surface area contributed by atoms with E-state index in [1.165, 1.54) is 0 Å². The van der Waals surface area contributed by atoms with Gasteiger partial charge in [0.05, 0.1) is 32.4 Å². The molecule has 0 radical (unpaired) electrons. The second-order valence-electron chi connectivity index (χ2n) is 5.36. The van der Waals surface area contributed by atoms with E-state index >= 15 is 0 Å². The van der Waals surface area contributed by atoms with Gasteiger partial charge in [-0.25, -0.2) is 0 Å². The Morgan fingerprint density at radius 1 is 1.23 bits per heavy atom. The fraction of sp³-hybridized carbons (Fsp3) is 0.471. The van der Waals surface area contributed by atoms with Crippen LogP contribution in [0.5, 0.6) is 11.5 Å². The molecule has 0 unspecified atom stereocenters. The Labute approximate surface area is 130 Å². The lowest BCUT2D eigenvalue weighted by Gasteiger charge is -2.26. The predicted octanol–water partition coefficient (Wildman–Crippen LogP) is 2.34. The normalized spacial score (nSPS) is 15.9. The number of pyridine rings is 1. The number of hydrogen-bond donors (Lipinski definition) is 0. The molecule has 1 aliphatic heterocycles.